The van der Waals surface area contributed by atoms with E-state index in [1.807, 2.05) is 4.90 Å². The molecule has 0 spiro atoms. The first-order chi connectivity index (χ1) is 9.15. The van der Waals surface area contributed by atoms with Gasteiger partial charge in [-0.3, -0.25) is 9.69 Å². The van der Waals surface area contributed by atoms with E-state index in [0.717, 1.165) is 25.9 Å². The number of nitrogens with zero attached hydrogens (tertiary/aromatic N) is 3. The molecule has 0 N–H and O–H groups in total. The molecule has 2 atom stereocenters. The maximum atomic E-state index is 13.1. The monoisotopic (exact) mass is 263 g/mol. The molecule has 1 aromatic rings. The van der Waals surface area contributed by atoms with Crippen molar-refractivity contribution in [1.29, 1.82) is 0 Å². The van der Waals surface area contributed by atoms with Crippen LogP contribution in [0.5, 0.6) is 0 Å². The van der Waals surface area contributed by atoms with Crippen LogP contribution in [0.25, 0.3) is 0 Å². The van der Waals surface area contributed by atoms with Gasteiger partial charge in [0.2, 0.25) is 5.95 Å². The predicted molar refractivity (Wildman–Crippen MR) is 69.3 cm³/mol. The van der Waals surface area contributed by atoms with Gasteiger partial charge in [0.15, 0.2) is 0 Å². The highest BCUT2D eigenvalue weighted by Crippen LogP contribution is 2.28. The van der Waals surface area contributed by atoms with E-state index in [0.29, 0.717) is 17.6 Å². The lowest BCUT2D eigenvalue weighted by Crippen LogP contribution is -2.39. The van der Waals surface area contributed by atoms with Gasteiger partial charge in [0.25, 0.3) is 5.91 Å². The van der Waals surface area contributed by atoms with Gasteiger partial charge < -0.3 is 4.90 Å². The van der Waals surface area contributed by atoms with Crippen LogP contribution in [0.4, 0.5) is 4.39 Å². The summed E-state index contributed by atoms with van der Waals surface area (Å²) in [6, 6.07) is 3.84. The van der Waals surface area contributed by atoms with Gasteiger partial charge in [-0.15, -0.1) is 0 Å². The molecular weight excluding hydrogens is 245 g/mol. The van der Waals surface area contributed by atoms with Crippen molar-refractivity contribution < 1.29 is 9.18 Å². The second kappa shape index (κ2) is 4.89. The van der Waals surface area contributed by atoms with E-state index in [1.54, 1.807) is 6.07 Å². The number of likely N-dealkylation sites (N-methyl/N-ethyl adjacent to an activating group) is 1. The zero-order valence-corrected chi connectivity index (χ0v) is 11.1. The van der Waals surface area contributed by atoms with E-state index in [1.165, 1.54) is 18.7 Å². The maximum absolute atomic E-state index is 13.1. The molecule has 3 heterocycles. The quantitative estimate of drug-likeness (QED) is 0.721. The van der Waals surface area contributed by atoms with Crippen LogP contribution in [0.1, 0.15) is 29.6 Å². The summed E-state index contributed by atoms with van der Waals surface area (Å²) in [7, 11) is 2.14. The van der Waals surface area contributed by atoms with Crippen molar-refractivity contribution in [2.24, 2.45) is 0 Å². The summed E-state index contributed by atoms with van der Waals surface area (Å²) in [4.78, 5) is 20.1. The first-order valence-corrected chi connectivity index (χ1v) is 6.78. The minimum absolute atomic E-state index is 0.0812. The summed E-state index contributed by atoms with van der Waals surface area (Å²) in [6.45, 7) is 1.50. The minimum atomic E-state index is -0.598. The van der Waals surface area contributed by atoms with Gasteiger partial charge in [-0.05, 0) is 32.4 Å². The number of rotatable bonds is 1. The zero-order valence-electron chi connectivity index (χ0n) is 11.1. The van der Waals surface area contributed by atoms with E-state index in [-0.39, 0.29) is 5.91 Å². The molecule has 3 rings (SSSR count). The molecule has 2 aliphatic heterocycles. The Morgan fingerprint density at radius 2 is 2.16 bits per heavy atom. The highest BCUT2D eigenvalue weighted by atomic mass is 19.1. The fourth-order valence-corrected chi connectivity index (χ4v) is 3.21. The summed E-state index contributed by atoms with van der Waals surface area (Å²) in [6.07, 6.45) is 4.73. The Bertz CT molecular complexity index is 493. The van der Waals surface area contributed by atoms with Crippen LogP contribution < -0.4 is 0 Å². The molecule has 4 nitrogen and oxygen atoms in total. The van der Waals surface area contributed by atoms with Crippen molar-refractivity contribution >= 4 is 5.91 Å². The average Bonchev–Trinajstić information content (AvgIpc) is 2.62. The number of carbonyl (C=O) groups is 1. The summed E-state index contributed by atoms with van der Waals surface area (Å²) in [5.41, 5.74) is 0.396. The van der Waals surface area contributed by atoms with Crippen molar-refractivity contribution in [2.45, 2.75) is 31.3 Å². The molecule has 102 valence electrons. The summed E-state index contributed by atoms with van der Waals surface area (Å²) >= 11 is 0. The number of carbonyl (C=O) groups excluding carboxylic acids is 1. The third kappa shape index (κ3) is 2.34. The zero-order chi connectivity index (χ0) is 13.4. The highest BCUT2D eigenvalue weighted by Gasteiger charge is 2.36. The molecule has 0 aliphatic carbocycles. The van der Waals surface area contributed by atoms with Gasteiger partial charge in [-0.25, -0.2) is 4.98 Å². The normalized spacial score (nSPS) is 27.4. The molecule has 0 radical (unpaired) electrons. The smallest absolute Gasteiger partial charge is 0.254 e. The number of fused-ring (bicyclic) bond motifs is 2. The molecular formula is C14H18FN3O. The summed E-state index contributed by atoms with van der Waals surface area (Å²) < 4.78 is 13.1. The molecule has 19 heavy (non-hydrogen) atoms. The molecule has 1 aromatic heterocycles. The fraction of sp³-hybridized carbons (Fsp3) is 0.571. The summed E-state index contributed by atoms with van der Waals surface area (Å²) in [5.74, 6) is -0.679. The standard InChI is InChI=1S/C14H18FN3O/c1-17-11-2-3-12(17)9-18(7-5-11)14(19)10-4-6-16-13(15)8-10/h4,6,8,11-12H,2-3,5,7,9H2,1H3. The molecule has 2 unspecified atom stereocenters. The number of aromatic nitrogens is 1. The van der Waals surface area contributed by atoms with Crippen molar-refractivity contribution in [1.82, 2.24) is 14.8 Å². The molecule has 2 aliphatic rings. The third-order valence-corrected chi connectivity index (χ3v) is 4.41. The number of pyridine rings is 1. The number of likely N-dealkylation sites (tertiary alicyclic amines) is 1. The number of amides is 1. The Morgan fingerprint density at radius 1 is 1.37 bits per heavy atom. The van der Waals surface area contributed by atoms with Gasteiger partial charge in [-0.1, -0.05) is 0 Å². The first-order valence-electron chi connectivity index (χ1n) is 6.78. The molecule has 2 fully saturated rings. The van der Waals surface area contributed by atoms with Gasteiger partial charge in [0.05, 0.1) is 0 Å². The number of halogens is 1. The lowest BCUT2D eigenvalue weighted by Gasteiger charge is -2.25. The van der Waals surface area contributed by atoms with Crippen molar-refractivity contribution in [2.75, 3.05) is 20.1 Å². The second-order valence-corrected chi connectivity index (χ2v) is 5.46. The first kappa shape index (κ1) is 12.5. The lowest BCUT2D eigenvalue weighted by molar-refractivity contribution is 0.0739. The van der Waals surface area contributed by atoms with Crippen LogP contribution in [-0.2, 0) is 0 Å². The van der Waals surface area contributed by atoms with E-state index in [9.17, 15) is 9.18 Å². The Morgan fingerprint density at radius 3 is 2.95 bits per heavy atom. The second-order valence-electron chi connectivity index (χ2n) is 5.46. The fourth-order valence-electron chi connectivity index (χ4n) is 3.21. The van der Waals surface area contributed by atoms with Gasteiger partial charge in [0.1, 0.15) is 0 Å². The third-order valence-electron chi connectivity index (χ3n) is 4.41. The average molecular weight is 263 g/mol. The van der Waals surface area contributed by atoms with Crippen molar-refractivity contribution in [3.05, 3.63) is 29.8 Å². The molecule has 5 heteroatoms. The van der Waals surface area contributed by atoms with Crippen LogP contribution in [0, 0.1) is 5.95 Å². The van der Waals surface area contributed by atoms with E-state index < -0.39 is 5.95 Å². The number of hydrogen-bond donors (Lipinski definition) is 0. The van der Waals surface area contributed by atoms with Gasteiger partial charge >= 0.3 is 0 Å². The van der Waals surface area contributed by atoms with Crippen LogP contribution in [-0.4, -0.2) is 52.9 Å². The largest absolute Gasteiger partial charge is 0.337 e. The summed E-state index contributed by atoms with van der Waals surface area (Å²) in [5, 5.41) is 0. The molecule has 1 amide bonds. The van der Waals surface area contributed by atoms with Crippen LogP contribution in [0.3, 0.4) is 0 Å². The Kier molecular flexibility index (Phi) is 3.22. The molecule has 0 aromatic carbocycles. The van der Waals surface area contributed by atoms with E-state index in [2.05, 4.69) is 16.9 Å². The lowest BCUT2D eigenvalue weighted by atomic mass is 10.1. The van der Waals surface area contributed by atoms with E-state index in [4.69, 9.17) is 0 Å². The topological polar surface area (TPSA) is 36.4 Å². The van der Waals surface area contributed by atoms with Gasteiger partial charge in [0, 0.05) is 43.0 Å². The van der Waals surface area contributed by atoms with Crippen LogP contribution in [0.15, 0.2) is 18.3 Å². The Balaban J connectivity index is 1.77. The minimum Gasteiger partial charge on any atom is -0.337 e. The van der Waals surface area contributed by atoms with Crippen molar-refractivity contribution in [3.63, 3.8) is 0 Å². The van der Waals surface area contributed by atoms with Crippen molar-refractivity contribution in [3.8, 4) is 0 Å². The van der Waals surface area contributed by atoms with Crippen LogP contribution >= 0.6 is 0 Å². The molecule has 2 bridgehead atoms. The molecule has 2 saturated heterocycles. The Hall–Kier alpha value is -1.49. The maximum Gasteiger partial charge on any atom is 0.254 e. The number of hydrogen-bond acceptors (Lipinski definition) is 3. The highest BCUT2D eigenvalue weighted by molar-refractivity contribution is 5.94. The SMILES string of the molecule is CN1C2CCC1CN(C(=O)c1ccnc(F)c1)CC2. The predicted octanol–water partition coefficient (Wildman–Crippen LogP) is 1.53. The van der Waals surface area contributed by atoms with E-state index >= 15 is 0 Å². The van der Waals surface area contributed by atoms with Gasteiger partial charge in [-0.2, -0.15) is 4.39 Å². The Labute approximate surface area is 112 Å². The van der Waals surface area contributed by atoms with Crippen LogP contribution in [0.2, 0.25) is 0 Å². The molecule has 0 saturated carbocycles.